The Kier molecular flexibility index (Phi) is 20.4. The van der Waals surface area contributed by atoms with Gasteiger partial charge in [0.2, 0.25) is 5.91 Å². The molecular formula is C41H41ClFN5O15S. The molecule has 20 nitrogen and oxygen atoms in total. The zero-order valence-electron chi connectivity index (χ0n) is 33.4. The number of carbonyl (C=O) groups is 5. The molecule has 23 heteroatoms. The van der Waals surface area contributed by atoms with E-state index in [1.165, 1.54) is 58.1 Å². The molecule has 4 unspecified atom stereocenters. The number of H-pyrrole nitrogens is 1. The van der Waals surface area contributed by atoms with Gasteiger partial charge in [-0.25, -0.2) is 28.6 Å². The van der Waals surface area contributed by atoms with Crippen molar-refractivity contribution in [1.82, 2.24) is 24.4 Å². The lowest BCUT2D eigenvalue weighted by Crippen LogP contribution is -2.40. The highest BCUT2D eigenvalue weighted by Gasteiger charge is 2.31. The summed E-state index contributed by atoms with van der Waals surface area (Å²) in [4.78, 5) is 90.3. The number of benzene rings is 3. The summed E-state index contributed by atoms with van der Waals surface area (Å²) in [6.07, 6.45) is -5.17. The fraction of sp³-hybridized carbons (Fsp3) is 0.244. The van der Waals surface area contributed by atoms with Crippen LogP contribution in [-0.2, 0) is 54.0 Å². The summed E-state index contributed by atoms with van der Waals surface area (Å²) in [6.45, 7) is -0.311. The molecule has 64 heavy (non-hydrogen) atoms. The maximum Gasteiger partial charge on any atom is 0.338 e. The van der Waals surface area contributed by atoms with Crippen molar-refractivity contribution in [3.63, 3.8) is 0 Å². The molecule has 4 atom stereocenters. The average molecular weight is 930 g/mol. The van der Waals surface area contributed by atoms with Crippen LogP contribution in [0.2, 0.25) is 5.02 Å². The third-order valence-corrected chi connectivity index (χ3v) is 9.71. The van der Waals surface area contributed by atoms with Gasteiger partial charge in [0.1, 0.15) is 12.4 Å². The zero-order chi connectivity index (χ0) is 47.5. The number of amides is 1. The summed E-state index contributed by atoms with van der Waals surface area (Å²) in [5, 5.41) is 61.1. The van der Waals surface area contributed by atoms with E-state index in [0.29, 0.717) is 17.3 Å². The first-order valence-corrected chi connectivity index (χ1v) is 19.8. The molecule has 0 spiro atoms. The van der Waals surface area contributed by atoms with E-state index in [2.05, 4.69) is 15.0 Å². The van der Waals surface area contributed by atoms with Crippen LogP contribution in [-0.4, -0.2) is 128 Å². The Balaban J connectivity index is 0.000000533. The molecule has 0 aliphatic heterocycles. The van der Waals surface area contributed by atoms with E-state index in [4.69, 9.17) is 41.9 Å². The number of halogens is 2. The van der Waals surface area contributed by atoms with Crippen LogP contribution in [0.3, 0.4) is 0 Å². The Bertz CT molecular complexity index is 2440. The van der Waals surface area contributed by atoms with E-state index >= 15 is 0 Å². The van der Waals surface area contributed by atoms with Gasteiger partial charge in [-0.1, -0.05) is 71.9 Å². The predicted octanol–water partition coefficient (Wildman–Crippen LogP) is 1.19. The van der Waals surface area contributed by atoms with Gasteiger partial charge in [-0.05, 0) is 46.5 Å². The molecule has 0 saturated heterocycles. The first-order valence-electron chi connectivity index (χ1n) is 18.4. The number of ether oxygens (including phenoxy) is 1. The third kappa shape index (κ3) is 16.8. The van der Waals surface area contributed by atoms with Crippen LogP contribution in [0.15, 0.2) is 112 Å². The lowest BCUT2D eigenvalue weighted by atomic mass is 10.0. The zero-order valence-corrected chi connectivity index (χ0v) is 35.0. The standard InChI is InChI=1S/C33H31ClFN3O8S.C4H4N2O.C4H6O6/c1-37(16-20-2-6-22(7-3-20)23-8-10-25(34)11-9-23)27(39)18-38-17-24(14-15-46-32(45)29(41)28(40)31(43)44)30(42)36-33(38)47-19-21-4-12-26(35)13-5-21;7-4-1-2-5-3-6-4;5-1(3(7)8)2(6)4(9)10/h2-13,17,28-29,40-41H,14-16,18-19H2,1H3,(H,43,44);1-3H,(H,5,6,7);1-2,5-6H,(H,7,8)(H,9,10). The molecule has 0 saturated carbocycles. The number of rotatable bonds is 17. The molecule has 0 radical (unpaired) electrons. The largest absolute Gasteiger partial charge is 0.479 e. The van der Waals surface area contributed by atoms with Crippen molar-refractivity contribution >= 4 is 53.1 Å². The van der Waals surface area contributed by atoms with Gasteiger partial charge >= 0.3 is 23.9 Å². The molecule has 2 heterocycles. The number of hydrogen-bond donors (Lipinski definition) is 8. The first kappa shape index (κ1) is 51.5. The number of thioether (sulfide) groups is 1. The number of esters is 1. The number of aliphatic hydroxyl groups is 4. The van der Waals surface area contributed by atoms with Gasteiger partial charge in [-0.2, -0.15) is 4.98 Å². The number of aromatic nitrogens is 4. The van der Waals surface area contributed by atoms with Gasteiger partial charge in [0.25, 0.3) is 11.1 Å². The van der Waals surface area contributed by atoms with E-state index in [0.717, 1.165) is 22.3 Å². The Morgan fingerprint density at radius 3 is 1.83 bits per heavy atom. The van der Waals surface area contributed by atoms with Gasteiger partial charge < -0.3 is 54.9 Å². The van der Waals surface area contributed by atoms with E-state index in [9.17, 15) is 48.2 Å². The second-order valence-corrected chi connectivity index (χ2v) is 14.5. The lowest BCUT2D eigenvalue weighted by Gasteiger charge is -2.20. The molecule has 0 aliphatic rings. The minimum Gasteiger partial charge on any atom is -0.479 e. The molecule has 1 amide bonds. The summed E-state index contributed by atoms with van der Waals surface area (Å²) in [5.74, 6) is -7.07. The second-order valence-electron chi connectivity index (χ2n) is 13.2. The SMILES string of the molecule is CN(Cc1ccc(-c2ccc(Cl)cc2)cc1)C(=O)Cn1cc(CCOC(=O)C(O)C(O)C(=O)O)c(=O)nc1SCc1ccc(F)cc1.O=C(O)C(O)C(O)C(=O)O.O=c1ccnc[nH]1. The Morgan fingerprint density at radius 2 is 1.33 bits per heavy atom. The number of carbonyl (C=O) groups excluding carboxylic acids is 2. The number of hydrogen-bond acceptors (Lipinski definition) is 15. The smallest absolute Gasteiger partial charge is 0.338 e. The van der Waals surface area contributed by atoms with Crippen molar-refractivity contribution in [2.24, 2.45) is 0 Å². The van der Waals surface area contributed by atoms with E-state index in [1.54, 1.807) is 19.2 Å². The van der Waals surface area contributed by atoms with Gasteiger partial charge in [-0.15, -0.1) is 0 Å². The Hall–Kier alpha value is -6.82. The fourth-order valence-corrected chi connectivity index (χ4v) is 5.95. The van der Waals surface area contributed by atoms with Crippen LogP contribution in [0, 0.1) is 5.82 Å². The predicted molar refractivity (Wildman–Crippen MR) is 224 cm³/mol. The van der Waals surface area contributed by atoms with Crippen molar-refractivity contribution in [2.45, 2.75) is 54.8 Å². The first-order chi connectivity index (χ1) is 30.3. The molecule has 8 N–H and O–H groups in total. The number of carboxylic acids is 3. The van der Waals surface area contributed by atoms with Crippen molar-refractivity contribution < 1.29 is 68.8 Å². The Labute approximate surface area is 370 Å². The highest BCUT2D eigenvalue weighted by atomic mass is 35.5. The minimum atomic E-state index is -2.37. The van der Waals surface area contributed by atoms with Gasteiger partial charge in [-0.3, -0.25) is 14.4 Å². The molecule has 5 rings (SSSR count). The Morgan fingerprint density at radius 1 is 0.797 bits per heavy atom. The van der Waals surface area contributed by atoms with Crippen molar-refractivity contribution in [2.75, 3.05) is 13.7 Å². The monoisotopic (exact) mass is 929 g/mol. The summed E-state index contributed by atoms with van der Waals surface area (Å²) in [5.41, 5.74) is 2.97. The van der Waals surface area contributed by atoms with Crippen LogP contribution >= 0.6 is 23.4 Å². The van der Waals surface area contributed by atoms with E-state index < -0.39 is 66.3 Å². The third-order valence-electron chi connectivity index (χ3n) is 8.40. The molecule has 2 aromatic heterocycles. The number of nitrogens with zero attached hydrogens (tertiary/aromatic N) is 4. The van der Waals surface area contributed by atoms with Crippen LogP contribution in [0.5, 0.6) is 0 Å². The second kappa shape index (κ2) is 25.3. The van der Waals surface area contributed by atoms with Gasteiger partial charge in [0, 0.05) is 54.8 Å². The number of likely N-dealkylation sites (N-methyl/N-ethyl adjacent to an activating group) is 1. The molecule has 3 aromatic carbocycles. The summed E-state index contributed by atoms with van der Waals surface area (Å²) in [7, 11) is 1.65. The maximum atomic E-state index is 13.4. The van der Waals surface area contributed by atoms with Crippen molar-refractivity contribution in [3.05, 3.63) is 146 Å². The fourth-order valence-electron chi connectivity index (χ4n) is 4.91. The molecular weight excluding hydrogens is 889 g/mol. The topological polar surface area (TPSA) is 320 Å². The summed E-state index contributed by atoms with van der Waals surface area (Å²) >= 11 is 7.16. The average Bonchev–Trinajstić information content (AvgIpc) is 3.27. The normalized spacial score (nSPS) is 12.4. The highest BCUT2D eigenvalue weighted by molar-refractivity contribution is 7.98. The van der Waals surface area contributed by atoms with Crippen LogP contribution in [0.4, 0.5) is 4.39 Å². The quantitative estimate of drug-likeness (QED) is 0.0369. The maximum absolute atomic E-state index is 13.4. The van der Waals surface area contributed by atoms with Crippen LogP contribution in [0.1, 0.15) is 16.7 Å². The summed E-state index contributed by atoms with van der Waals surface area (Å²) in [6, 6.07) is 22.4. The van der Waals surface area contributed by atoms with E-state index in [1.807, 2.05) is 48.5 Å². The van der Waals surface area contributed by atoms with E-state index in [-0.39, 0.29) is 35.2 Å². The van der Waals surface area contributed by atoms with Crippen LogP contribution in [0.25, 0.3) is 11.1 Å². The number of nitrogens with one attached hydrogen (secondary N) is 1. The van der Waals surface area contributed by atoms with Crippen molar-refractivity contribution in [1.29, 1.82) is 0 Å². The number of aromatic amines is 1. The number of aliphatic hydroxyl groups excluding tert-OH is 4. The molecule has 5 aromatic rings. The van der Waals surface area contributed by atoms with Crippen molar-refractivity contribution in [3.8, 4) is 11.1 Å². The van der Waals surface area contributed by atoms with Gasteiger partial charge in [0.05, 0.1) is 12.9 Å². The highest BCUT2D eigenvalue weighted by Crippen LogP contribution is 2.23. The molecule has 0 bridgehead atoms. The number of carboxylic acid groups (broad SMARTS) is 3. The lowest BCUT2D eigenvalue weighted by molar-refractivity contribution is -0.169. The molecule has 0 aliphatic carbocycles. The van der Waals surface area contributed by atoms with Gasteiger partial charge in [0.15, 0.2) is 29.6 Å². The molecule has 0 fully saturated rings. The molecule has 340 valence electrons. The minimum absolute atomic E-state index is 0.0884. The summed E-state index contributed by atoms with van der Waals surface area (Å²) < 4.78 is 19.7. The number of aliphatic carboxylic acids is 3. The van der Waals surface area contributed by atoms with Crippen LogP contribution < -0.4 is 11.1 Å².